The lowest BCUT2D eigenvalue weighted by atomic mass is 10.1. The molecule has 0 radical (unpaired) electrons. The molecule has 7 nitrogen and oxygen atoms in total. The third-order valence-corrected chi connectivity index (χ3v) is 5.17. The Morgan fingerprint density at radius 1 is 1.03 bits per heavy atom. The van der Waals surface area contributed by atoms with Gasteiger partial charge in [-0.05, 0) is 84.9 Å². The molecule has 0 spiro atoms. The highest BCUT2D eigenvalue weighted by atomic mass is 35.5. The van der Waals surface area contributed by atoms with Crippen molar-refractivity contribution < 1.29 is 9.53 Å². The summed E-state index contributed by atoms with van der Waals surface area (Å²) in [4.78, 5) is 17.5. The molecule has 0 bridgehead atoms. The number of aromatic nitrogens is 4. The normalized spacial score (nSPS) is 12.4. The molecule has 172 valence electrons. The van der Waals surface area contributed by atoms with Crippen LogP contribution >= 0.6 is 11.6 Å². The van der Waals surface area contributed by atoms with Crippen LogP contribution in [0.1, 0.15) is 57.6 Å². The fraction of sp³-hybridized carbons (Fsp3) is 0.360. The van der Waals surface area contributed by atoms with Gasteiger partial charge in [-0.3, -0.25) is 9.20 Å². The van der Waals surface area contributed by atoms with Crippen molar-refractivity contribution in [3.8, 4) is 17.1 Å². The summed E-state index contributed by atoms with van der Waals surface area (Å²) in [6.07, 6.45) is 0. The minimum absolute atomic E-state index is 0.161. The van der Waals surface area contributed by atoms with E-state index in [2.05, 4.69) is 20.5 Å². The summed E-state index contributed by atoms with van der Waals surface area (Å²) in [6.45, 7) is 13.7. The van der Waals surface area contributed by atoms with Crippen molar-refractivity contribution in [1.82, 2.24) is 24.9 Å². The molecule has 0 fully saturated rings. The maximum absolute atomic E-state index is 12.8. The van der Waals surface area contributed by atoms with Crippen LogP contribution in [0.4, 0.5) is 0 Å². The molecule has 2 heterocycles. The van der Waals surface area contributed by atoms with Gasteiger partial charge in [-0.25, -0.2) is 4.98 Å². The van der Waals surface area contributed by atoms with Crippen LogP contribution in [-0.2, 0) is 0 Å². The van der Waals surface area contributed by atoms with Gasteiger partial charge in [-0.1, -0.05) is 11.6 Å². The van der Waals surface area contributed by atoms with Crippen molar-refractivity contribution in [1.29, 1.82) is 0 Å². The van der Waals surface area contributed by atoms with Gasteiger partial charge in [0.25, 0.3) is 5.91 Å². The fourth-order valence-corrected chi connectivity index (χ4v) is 3.80. The number of rotatable bonds is 3. The number of ether oxygens (including phenoxy) is 1. The average molecular weight is 466 g/mol. The van der Waals surface area contributed by atoms with Crippen LogP contribution in [0.25, 0.3) is 28.1 Å². The molecule has 0 saturated heterocycles. The zero-order valence-electron chi connectivity index (χ0n) is 19.9. The smallest absolute Gasteiger partial charge is 0.251 e. The van der Waals surface area contributed by atoms with Gasteiger partial charge in [0, 0.05) is 16.7 Å². The highest BCUT2D eigenvalue weighted by Crippen LogP contribution is 2.33. The molecule has 0 aliphatic heterocycles. The van der Waals surface area contributed by atoms with Crippen molar-refractivity contribution in [3.05, 3.63) is 52.7 Å². The molecule has 4 aromatic rings. The van der Waals surface area contributed by atoms with E-state index in [-0.39, 0.29) is 17.0 Å². The summed E-state index contributed by atoms with van der Waals surface area (Å²) < 4.78 is 7.93. The van der Waals surface area contributed by atoms with E-state index >= 15 is 0 Å². The van der Waals surface area contributed by atoms with Gasteiger partial charge in [-0.15, -0.1) is 10.2 Å². The van der Waals surface area contributed by atoms with Gasteiger partial charge in [-0.2, -0.15) is 0 Å². The predicted molar refractivity (Wildman–Crippen MR) is 131 cm³/mol. The lowest BCUT2D eigenvalue weighted by Gasteiger charge is -2.21. The van der Waals surface area contributed by atoms with Crippen molar-refractivity contribution in [3.63, 3.8) is 0 Å². The second-order valence-electron chi connectivity index (χ2n) is 10.1. The van der Waals surface area contributed by atoms with E-state index in [4.69, 9.17) is 16.3 Å². The first kappa shape index (κ1) is 23.0. The molecule has 2 aromatic carbocycles. The zero-order valence-corrected chi connectivity index (χ0v) is 20.7. The van der Waals surface area contributed by atoms with Crippen molar-refractivity contribution in [2.45, 2.75) is 59.6 Å². The lowest BCUT2D eigenvalue weighted by Crippen LogP contribution is -2.40. The Bertz CT molecular complexity index is 1380. The molecular weight excluding hydrogens is 438 g/mol. The first-order chi connectivity index (χ1) is 15.3. The number of aryl methyl sites for hydroxylation is 1. The molecule has 1 amide bonds. The van der Waals surface area contributed by atoms with E-state index < -0.39 is 0 Å². The predicted octanol–water partition coefficient (Wildman–Crippen LogP) is 5.61. The zero-order chi connectivity index (χ0) is 24.1. The van der Waals surface area contributed by atoms with Crippen LogP contribution in [-0.4, -0.2) is 36.6 Å². The minimum Gasteiger partial charge on any atom is -0.488 e. The van der Waals surface area contributed by atoms with E-state index in [9.17, 15) is 4.79 Å². The number of benzene rings is 2. The van der Waals surface area contributed by atoms with Crippen LogP contribution in [0.5, 0.6) is 5.75 Å². The molecule has 8 heteroatoms. The van der Waals surface area contributed by atoms with Crippen molar-refractivity contribution in [2.24, 2.45) is 0 Å². The number of nitrogens with one attached hydrogen (secondary N) is 1. The van der Waals surface area contributed by atoms with E-state index in [1.54, 1.807) is 12.1 Å². The molecule has 0 aliphatic rings. The number of halogens is 1. The van der Waals surface area contributed by atoms with Crippen molar-refractivity contribution in [2.75, 3.05) is 0 Å². The Morgan fingerprint density at radius 2 is 1.76 bits per heavy atom. The maximum Gasteiger partial charge on any atom is 0.251 e. The van der Waals surface area contributed by atoms with Gasteiger partial charge in [0.2, 0.25) is 0 Å². The minimum atomic E-state index is -0.361. The Kier molecular flexibility index (Phi) is 5.56. The molecule has 1 N–H and O–H groups in total. The Hall–Kier alpha value is -3.19. The Morgan fingerprint density at radius 3 is 2.42 bits per heavy atom. The van der Waals surface area contributed by atoms with Gasteiger partial charge in [0.1, 0.15) is 11.4 Å². The van der Waals surface area contributed by atoms with Crippen LogP contribution in [0.15, 0.2) is 36.4 Å². The van der Waals surface area contributed by atoms with E-state index in [1.807, 2.05) is 77.1 Å². The fourth-order valence-electron chi connectivity index (χ4n) is 3.60. The second kappa shape index (κ2) is 7.99. The number of carbonyl (C=O) groups excluding carboxylic acids is 1. The highest BCUT2D eigenvalue weighted by Gasteiger charge is 2.21. The van der Waals surface area contributed by atoms with Gasteiger partial charge < -0.3 is 10.1 Å². The lowest BCUT2D eigenvalue weighted by molar-refractivity contribution is 0.0919. The number of hydrogen-bond acceptors (Lipinski definition) is 5. The summed E-state index contributed by atoms with van der Waals surface area (Å²) in [5, 5.41) is 12.3. The number of nitrogens with zero attached hydrogens (tertiary/aromatic N) is 4. The molecular formula is C25H28ClN5O2. The highest BCUT2D eigenvalue weighted by molar-refractivity contribution is 6.33. The Balaban J connectivity index is 1.94. The monoisotopic (exact) mass is 465 g/mol. The summed E-state index contributed by atoms with van der Waals surface area (Å²) >= 11 is 6.59. The SMILES string of the molecule is Cc1nc2ccc(C(=O)NC(C)(C)C)cc2n2c(-c3cc(OC(C)(C)C)ccc3Cl)nnc12. The summed E-state index contributed by atoms with van der Waals surface area (Å²) in [7, 11) is 0. The second-order valence-corrected chi connectivity index (χ2v) is 10.6. The summed E-state index contributed by atoms with van der Waals surface area (Å²) in [6, 6.07) is 10.9. The third kappa shape index (κ3) is 4.78. The third-order valence-electron chi connectivity index (χ3n) is 4.84. The molecule has 33 heavy (non-hydrogen) atoms. The number of hydrogen-bond donors (Lipinski definition) is 1. The number of carbonyl (C=O) groups is 1. The molecule has 0 unspecified atom stereocenters. The van der Waals surface area contributed by atoms with Crippen LogP contribution in [0.2, 0.25) is 5.02 Å². The van der Waals surface area contributed by atoms with E-state index in [0.717, 1.165) is 16.7 Å². The molecule has 0 aliphatic carbocycles. The maximum atomic E-state index is 12.8. The van der Waals surface area contributed by atoms with E-state index in [1.165, 1.54) is 0 Å². The number of fused-ring (bicyclic) bond motifs is 3. The first-order valence-corrected chi connectivity index (χ1v) is 11.2. The summed E-state index contributed by atoms with van der Waals surface area (Å²) in [5.41, 5.74) is 3.27. The molecule has 4 rings (SSSR count). The summed E-state index contributed by atoms with van der Waals surface area (Å²) in [5.74, 6) is 1.07. The van der Waals surface area contributed by atoms with Gasteiger partial charge >= 0.3 is 0 Å². The topological polar surface area (TPSA) is 81.4 Å². The first-order valence-electron chi connectivity index (χ1n) is 10.8. The van der Waals surface area contributed by atoms with Crippen LogP contribution in [0, 0.1) is 6.92 Å². The molecule has 0 saturated carbocycles. The quantitative estimate of drug-likeness (QED) is 0.425. The Labute approximate surface area is 198 Å². The van der Waals surface area contributed by atoms with E-state index in [0.29, 0.717) is 33.4 Å². The molecule has 0 atom stereocenters. The van der Waals surface area contributed by atoms with Gasteiger partial charge in [0.05, 0.1) is 21.7 Å². The largest absolute Gasteiger partial charge is 0.488 e. The average Bonchev–Trinajstić information content (AvgIpc) is 3.13. The van der Waals surface area contributed by atoms with Gasteiger partial charge in [0.15, 0.2) is 11.5 Å². The standard InChI is InChI=1S/C25H28ClN5O2/c1-14-21-29-30-22(17-13-16(9-10-18(17)26)33-25(5,6)7)31(21)20-12-15(8-11-19(20)27-14)23(32)28-24(2,3)4/h8-13H,1-7H3,(H,28,32). The van der Waals surface area contributed by atoms with Crippen LogP contribution in [0.3, 0.4) is 0 Å². The van der Waals surface area contributed by atoms with Crippen LogP contribution < -0.4 is 10.1 Å². The molecule has 2 aromatic heterocycles. The number of amides is 1. The van der Waals surface area contributed by atoms with Crippen molar-refractivity contribution >= 4 is 34.2 Å².